The number of anilines is 1. The van der Waals surface area contributed by atoms with Gasteiger partial charge in [-0.2, -0.15) is 0 Å². The van der Waals surface area contributed by atoms with Gasteiger partial charge >= 0.3 is 0 Å². The van der Waals surface area contributed by atoms with E-state index in [0.717, 1.165) is 19.3 Å². The topological polar surface area (TPSA) is 58.2 Å². The van der Waals surface area contributed by atoms with Crippen molar-refractivity contribution in [2.24, 2.45) is 5.92 Å². The average Bonchev–Trinajstić information content (AvgIpc) is 2.97. The molecule has 1 aromatic rings. The first-order valence-electron chi connectivity index (χ1n) is 7.97. The molecule has 0 unspecified atom stereocenters. The van der Waals surface area contributed by atoms with Gasteiger partial charge in [0.25, 0.3) is 5.91 Å². The highest BCUT2D eigenvalue weighted by Gasteiger charge is 2.20. The van der Waals surface area contributed by atoms with E-state index in [-0.39, 0.29) is 11.8 Å². The fraction of sp³-hybridized carbons (Fsp3) is 0.529. The number of nitrogens with one attached hydrogen (secondary N) is 2. The number of carbonyl (C=O) groups excluding carboxylic acids is 2. The maximum Gasteiger partial charge on any atom is 0.253 e. The van der Waals surface area contributed by atoms with E-state index >= 15 is 0 Å². The molecule has 5 heteroatoms. The SMILES string of the molecule is CCCNC(=O)c1ccc(Cl)cc1NC(=O)CC1CCCC1. The van der Waals surface area contributed by atoms with Crippen molar-refractivity contribution in [3.63, 3.8) is 0 Å². The molecule has 2 amide bonds. The molecule has 120 valence electrons. The van der Waals surface area contributed by atoms with E-state index in [1.807, 2.05) is 6.92 Å². The van der Waals surface area contributed by atoms with Crippen LogP contribution in [-0.2, 0) is 4.79 Å². The molecule has 0 atom stereocenters. The Balaban J connectivity index is 2.05. The molecule has 0 bridgehead atoms. The Morgan fingerprint density at radius 1 is 1.27 bits per heavy atom. The summed E-state index contributed by atoms with van der Waals surface area (Å²) in [5, 5.41) is 6.18. The van der Waals surface area contributed by atoms with E-state index in [0.29, 0.717) is 35.2 Å². The van der Waals surface area contributed by atoms with E-state index in [9.17, 15) is 9.59 Å². The molecule has 1 aromatic carbocycles. The molecule has 0 heterocycles. The summed E-state index contributed by atoms with van der Waals surface area (Å²) in [6.45, 7) is 2.60. The van der Waals surface area contributed by atoms with Crippen LogP contribution in [0.1, 0.15) is 55.8 Å². The van der Waals surface area contributed by atoms with Crippen LogP contribution in [0.2, 0.25) is 5.02 Å². The Morgan fingerprint density at radius 2 is 2.00 bits per heavy atom. The van der Waals surface area contributed by atoms with Crippen LogP contribution < -0.4 is 10.6 Å². The molecule has 0 saturated heterocycles. The molecular formula is C17H23ClN2O2. The quantitative estimate of drug-likeness (QED) is 0.831. The first-order valence-corrected chi connectivity index (χ1v) is 8.35. The predicted molar refractivity (Wildman–Crippen MR) is 89.3 cm³/mol. The van der Waals surface area contributed by atoms with Gasteiger partial charge in [-0.05, 0) is 43.4 Å². The van der Waals surface area contributed by atoms with Gasteiger partial charge < -0.3 is 10.6 Å². The summed E-state index contributed by atoms with van der Waals surface area (Å²) in [6, 6.07) is 4.95. The number of benzene rings is 1. The van der Waals surface area contributed by atoms with Crippen LogP contribution in [0.3, 0.4) is 0 Å². The van der Waals surface area contributed by atoms with Crippen LogP contribution in [0, 0.1) is 5.92 Å². The van der Waals surface area contributed by atoms with Gasteiger partial charge in [0.05, 0.1) is 11.3 Å². The minimum atomic E-state index is -0.185. The lowest BCUT2D eigenvalue weighted by atomic mass is 10.0. The lowest BCUT2D eigenvalue weighted by molar-refractivity contribution is -0.117. The maximum absolute atomic E-state index is 12.2. The molecule has 0 aliphatic heterocycles. The second kappa shape index (κ2) is 8.18. The monoisotopic (exact) mass is 322 g/mol. The standard InChI is InChI=1S/C17H23ClN2O2/c1-2-9-19-17(22)14-8-7-13(18)11-15(14)20-16(21)10-12-5-3-4-6-12/h7-8,11-12H,2-6,9-10H2,1H3,(H,19,22)(H,20,21). The third kappa shape index (κ3) is 4.73. The highest BCUT2D eigenvalue weighted by Crippen LogP contribution is 2.28. The maximum atomic E-state index is 12.2. The molecule has 0 spiro atoms. The van der Waals surface area contributed by atoms with Gasteiger partial charge in [0.15, 0.2) is 0 Å². The van der Waals surface area contributed by atoms with Gasteiger partial charge in [-0.3, -0.25) is 9.59 Å². The van der Waals surface area contributed by atoms with Crippen molar-refractivity contribution in [1.29, 1.82) is 0 Å². The second-order valence-electron chi connectivity index (χ2n) is 5.85. The molecule has 1 fully saturated rings. The van der Waals surface area contributed by atoms with Crippen LogP contribution in [0.4, 0.5) is 5.69 Å². The van der Waals surface area contributed by atoms with E-state index in [1.165, 1.54) is 12.8 Å². The molecular weight excluding hydrogens is 300 g/mol. The third-order valence-corrected chi connectivity index (χ3v) is 4.22. The fourth-order valence-corrected chi connectivity index (χ4v) is 3.00. The van der Waals surface area contributed by atoms with Gasteiger partial charge in [-0.1, -0.05) is 31.4 Å². The molecule has 1 aliphatic carbocycles. The van der Waals surface area contributed by atoms with Crippen molar-refractivity contribution in [3.8, 4) is 0 Å². The Morgan fingerprint density at radius 3 is 2.68 bits per heavy atom. The summed E-state index contributed by atoms with van der Waals surface area (Å²) in [6.07, 6.45) is 6.03. The summed E-state index contributed by atoms with van der Waals surface area (Å²) < 4.78 is 0. The zero-order valence-corrected chi connectivity index (χ0v) is 13.7. The lowest BCUT2D eigenvalue weighted by Gasteiger charge is -2.13. The van der Waals surface area contributed by atoms with Gasteiger partial charge in [0.1, 0.15) is 0 Å². The van der Waals surface area contributed by atoms with Crippen molar-refractivity contribution in [2.45, 2.75) is 45.4 Å². The number of carbonyl (C=O) groups is 2. The molecule has 4 nitrogen and oxygen atoms in total. The summed E-state index contributed by atoms with van der Waals surface area (Å²) in [5.74, 6) is 0.241. The molecule has 0 radical (unpaired) electrons. The number of hydrogen-bond donors (Lipinski definition) is 2. The summed E-state index contributed by atoms with van der Waals surface area (Å²) >= 11 is 6.00. The largest absolute Gasteiger partial charge is 0.352 e. The molecule has 2 rings (SSSR count). The van der Waals surface area contributed by atoms with Crippen LogP contribution in [-0.4, -0.2) is 18.4 Å². The number of amides is 2. The molecule has 2 N–H and O–H groups in total. The normalized spacial score (nSPS) is 14.8. The Labute approximate surface area is 136 Å². The van der Waals surface area contributed by atoms with Crippen molar-refractivity contribution < 1.29 is 9.59 Å². The Bertz CT molecular complexity index is 539. The van der Waals surface area contributed by atoms with Crippen molar-refractivity contribution in [1.82, 2.24) is 5.32 Å². The number of rotatable bonds is 6. The second-order valence-corrected chi connectivity index (χ2v) is 6.29. The van der Waals surface area contributed by atoms with E-state index in [2.05, 4.69) is 10.6 Å². The molecule has 1 aliphatic rings. The van der Waals surface area contributed by atoms with E-state index in [1.54, 1.807) is 18.2 Å². The highest BCUT2D eigenvalue weighted by atomic mass is 35.5. The van der Waals surface area contributed by atoms with Crippen LogP contribution in [0.15, 0.2) is 18.2 Å². The van der Waals surface area contributed by atoms with E-state index < -0.39 is 0 Å². The third-order valence-electron chi connectivity index (χ3n) is 3.98. The van der Waals surface area contributed by atoms with E-state index in [4.69, 9.17) is 11.6 Å². The lowest BCUT2D eigenvalue weighted by Crippen LogP contribution is -2.26. The fourth-order valence-electron chi connectivity index (χ4n) is 2.83. The zero-order valence-electron chi connectivity index (χ0n) is 13.0. The van der Waals surface area contributed by atoms with Gasteiger partial charge in [-0.25, -0.2) is 0 Å². The van der Waals surface area contributed by atoms with Gasteiger partial charge in [0, 0.05) is 18.0 Å². The van der Waals surface area contributed by atoms with Gasteiger partial charge in [0.2, 0.25) is 5.91 Å². The minimum absolute atomic E-state index is 0.0429. The average molecular weight is 323 g/mol. The zero-order chi connectivity index (χ0) is 15.9. The van der Waals surface area contributed by atoms with Crippen LogP contribution in [0.25, 0.3) is 0 Å². The Hall–Kier alpha value is -1.55. The highest BCUT2D eigenvalue weighted by molar-refractivity contribution is 6.31. The summed E-state index contributed by atoms with van der Waals surface area (Å²) in [5.41, 5.74) is 0.946. The summed E-state index contributed by atoms with van der Waals surface area (Å²) in [7, 11) is 0. The first-order chi connectivity index (χ1) is 10.6. The minimum Gasteiger partial charge on any atom is -0.352 e. The molecule has 1 saturated carbocycles. The number of hydrogen-bond acceptors (Lipinski definition) is 2. The summed E-state index contributed by atoms with van der Waals surface area (Å²) in [4.78, 5) is 24.3. The predicted octanol–water partition coefficient (Wildman–Crippen LogP) is 4.00. The van der Waals surface area contributed by atoms with Crippen molar-refractivity contribution >= 4 is 29.1 Å². The molecule has 22 heavy (non-hydrogen) atoms. The smallest absolute Gasteiger partial charge is 0.253 e. The number of halogens is 1. The Kier molecular flexibility index (Phi) is 6.25. The first kappa shape index (κ1) is 16.8. The molecule has 0 aromatic heterocycles. The van der Waals surface area contributed by atoms with Crippen molar-refractivity contribution in [2.75, 3.05) is 11.9 Å². The van der Waals surface area contributed by atoms with Crippen LogP contribution in [0.5, 0.6) is 0 Å². The van der Waals surface area contributed by atoms with Gasteiger partial charge in [-0.15, -0.1) is 0 Å². The van der Waals surface area contributed by atoms with Crippen molar-refractivity contribution in [3.05, 3.63) is 28.8 Å². The van der Waals surface area contributed by atoms with Crippen LogP contribution >= 0.6 is 11.6 Å².